The van der Waals surface area contributed by atoms with Crippen LogP contribution in [0.2, 0.25) is 0 Å². The highest BCUT2D eigenvalue weighted by Crippen LogP contribution is 2.35. The maximum Gasteiger partial charge on any atom is 0.491 e. The van der Waals surface area contributed by atoms with Crippen LogP contribution in [-0.4, -0.2) is 53.9 Å². The first kappa shape index (κ1) is 33.6. The van der Waals surface area contributed by atoms with Crippen LogP contribution in [0.15, 0.2) is 65.6 Å². The van der Waals surface area contributed by atoms with Gasteiger partial charge in [-0.25, -0.2) is 9.59 Å². The maximum absolute atomic E-state index is 13.1. The van der Waals surface area contributed by atoms with Gasteiger partial charge in [0.05, 0.1) is 4.70 Å². The Balaban J connectivity index is 1.42. The minimum absolute atomic E-state index is 0.107. The SMILES string of the molecule is O=C(Oc1ccc([C@H](CNCCc2cccc(CNCCc3ccccn3)c2)OC(=O)C(F)(F)F)c2sc(=O)[nH]c12)C(F)(F)F. The number of fused-ring (bicyclic) bond motifs is 1. The molecule has 240 valence electrons. The van der Waals surface area contributed by atoms with Gasteiger partial charge in [-0.1, -0.05) is 41.7 Å². The van der Waals surface area contributed by atoms with Crippen LogP contribution in [0, 0.1) is 0 Å². The fourth-order valence-corrected chi connectivity index (χ4v) is 5.20. The molecule has 4 rings (SSSR count). The summed E-state index contributed by atoms with van der Waals surface area (Å²) in [4.78, 5) is 40.9. The molecule has 16 heteroatoms. The van der Waals surface area contributed by atoms with Crippen LogP contribution in [0.5, 0.6) is 5.75 Å². The number of H-pyrrole nitrogens is 1. The molecule has 0 aliphatic heterocycles. The predicted molar refractivity (Wildman–Crippen MR) is 152 cm³/mol. The molecule has 2 heterocycles. The summed E-state index contributed by atoms with van der Waals surface area (Å²) in [7, 11) is 0. The van der Waals surface area contributed by atoms with E-state index in [1.165, 1.54) is 0 Å². The predicted octanol–water partition coefficient (Wildman–Crippen LogP) is 4.76. The number of alkyl halides is 6. The molecule has 9 nitrogen and oxygen atoms in total. The van der Waals surface area contributed by atoms with Crippen LogP contribution in [0.3, 0.4) is 0 Å². The first-order valence-corrected chi connectivity index (χ1v) is 14.2. The monoisotopic (exact) mass is 656 g/mol. The van der Waals surface area contributed by atoms with E-state index in [1.807, 2.05) is 42.5 Å². The van der Waals surface area contributed by atoms with Crippen molar-refractivity contribution >= 4 is 33.5 Å². The highest BCUT2D eigenvalue weighted by molar-refractivity contribution is 7.16. The van der Waals surface area contributed by atoms with Crippen molar-refractivity contribution in [1.29, 1.82) is 0 Å². The van der Waals surface area contributed by atoms with Crippen molar-refractivity contribution in [2.45, 2.75) is 37.8 Å². The van der Waals surface area contributed by atoms with E-state index in [1.54, 1.807) is 6.20 Å². The zero-order valence-corrected chi connectivity index (χ0v) is 24.1. The fourth-order valence-electron chi connectivity index (χ4n) is 4.29. The molecular weight excluding hydrogens is 630 g/mol. The smallest absolute Gasteiger partial charge is 0.449 e. The van der Waals surface area contributed by atoms with Crippen molar-refractivity contribution in [1.82, 2.24) is 20.6 Å². The average molecular weight is 657 g/mol. The second-order valence-corrected chi connectivity index (χ2v) is 10.7. The number of halogens is 6. The zero-order valence-electron chi connectivity index (χ0n) is 23.3. The zero-order chi connectivity index (χ0) is 32.6. The van der Waals surface area contributed by atoms with E-state index in [2.05, 4.69) is 25.3 Å². The van der Waals surface area contributed by atoms with E-state index in [0.717, 1.165) is 41.9 Å². The summed E-state index contributed by atoms with van der Waals surface area (Å²) in [6.45, 7) is 1.24. The quantitative estimate of drug-likeness (QED) is 0.0815. The van der Waals surface area contributed by atoms with Crippen LogP contribution < -0.4 is 20.2 Å². The Hall–Kier alpha value is -4.28. The molecule has 0 amide bonds. The minimum atomic E-state index is -5.34. The van der Waals surface area contributed by atoms with Crippen molar-refractivity contribution in [2.24, 2.45) is 0 Å². The van der Waals surface area contributed by atoms with Gasteiger partial charge in [0.1, 0.15) is 11.6 Å². The molecule has 4 aromatic rings. The summed E-state index contributed by atoms with van der Waals surface area (Å²) < 4.78 is 86.4. The van der Waals surface area contributed by atoms with Crippen LogP contribution in [0.1, 0.15) is 28.5 Å². The lowest BCUT2D eigenvalue weighted by atomic mass is 10.1. The number of carbonyl (C=O) groups is 2. The molecule has 2 aromatic heterocycles. The fraction of sp³-hybridized carbons (Fsp3) is 0.310. The number of pyridine rings is 1. The lowest BCUT2D eigenvalue weighted by Crippen LogP contribution is -2.32. The van der Waals surface area contributed by atoms with E-state index < -0.39 is 41.0 Å². The van der Waals surface area contributed by atoms with Gasteiger partial charge in [0, 0.05) is 43.5 Å². The molecular formula is C29H26F6N4O5S. The molecule has 0 aliphatic carbocycles. The number of carbonyl (C=O) groups excluding carboxylic acids is 2. The molecule has 3 N–H and O–H groups in total. The van der Waals surface area contributed by atoms with Gasteiger partial charge in [0.25, 0.3) is 0 Å². The number of thiazole rings is 1. The average Bonchev–Trinajstić information content (AvgIpc) is 3.38. The second kappa shape index (κ2) is 14.7. The van der Waals surface area contributed by atoms with Crippen LogP contribution in [-0.2, 0) is 33.7 Å². The number of nitrogens with zero attached hydrogens (tertiary/aromatic N) is 1. The maximum atomic E-state index is 13.1. The molecule has 0 spiro atoms. The number of benzene rings is 2. The molecule has 0 fully saturated rings. The third kappa shape index (κ3) is 9.60. The lowest BCUT2D eigenvalue weighted by Gasteiger charge is -2.21. The van der Waals surface area contributed by atoms with Gasteiger partial charge in [-0.2, -0.15) is 26.3 Å². The summed E-state index contributed by atoms with van der Waals surface area (Å²) in [5.74, 6) is -5.73. The van der Waals surface area contributed by atoms with E-state index in [9.17, 15) is 40.7 Å². The van der Waals surface area contributed by atoms with Gasteiger partial charge in [0.15, 0.2) is 5.75 Å². The van der Waals surface area contributed by atoms with Gasteiger partial charge >= 0.3 is 29.2 Å². The summed E-state index contributed by atoms with van der Waals surface area (Å²) in [6, 6.07) is 15.3. The van der Waals surface area contributed by atoms with E-state index in [-0.39, 0.29) is 28.9 Å². The summed E-state index contributed by atoms with van der Waals surface area (Å²) in [5.41, 5.74) is 2.44. The van der Waals surface area contributed by atoms with Gasteiger partial charge in [-0.05, 0) is 48.4 Å². The Morgan fingerprint density at radius 2 is 1.62 bits per heavy atom. The molecule has 0 unspecified atom stereocenters. The summed E-state index contributed by atoms with van der Waals surface area (Å²) in [5, 5.41) is 6.28. The third-order valence-corrected chi connectivity index (χ3v) is 7.29. The third-order valence-electron chi connectivity index (χ3n) is 6.36. The number of aromatic amines is 1. The van der Waals surface area contributed by atoms with Crippen LogP contribution >= 0.6 is 11.3 Å². The molecule has 45 heavy (non-hydrogen) atoms. The van der Waals surface area contributed by atoms with Crippen molar-refractivity contribution in [2.75, 3.05) is 19.6 Å². The van der Waals surface area contributed by atoms with Crippen molar-refractivity contribution in [3.8, 4) is 5.75 Å². The Labute approximate surface area is 255 Å². The lowest BCUT2D eigenvalue weighted by molar-refractivity contribution is -0.205. The number of ether oxygens (including phenoxy) is 2. The number of hydrogen-bond donors (Lipinski definition) is 3. The van der Waals surface area contributed by atoms with Gasteiger partial charge < -0.3 is 25.1 Å². The van der Waals surface area contributed by atoms with E-state index >= 15 is 0 Å². The Kier molecular flexibility index (Phi) is 11.0. The number of esters is 2. The molecule has 0 saturated heterocycles. The summed E-state index contributed by atoms with van der Waals surface area (Å²) in [6.07, 6.45) is -9.33. The van der Waals surface area contributed by atoms with Gasteiger partial charge in [-0.3, -0.25) is 9.78 Å². The minimum Gasteiger partial charge on any atom is -0.449 e. The second-order valence-electron chi connectivity index (χ2n) is 9.67. The number of nitrogens with one attached hydrogen (secondary N) is 3. The highest BCUT2D eigenvalue weighted by atomic mass is 32.1. The standard InChI is InChI=1S/C29H26F6N4O5S/c30-28(31,32)25(40)43-21-8-7-20(24-23(21)39-27(42)45-24)22(44-26(41)29(33,34)35)16-37-12-9-17-4-3-5-18(14-17)15-36-13-10-19-6-1-2-11-38-19/h1-8,11,14,22,36-37H,9-10,12-13,15-16H2,(H,39,42)/t22-/m0/s1. The number of aromatic nitrogens is 2. The Bertz CT molecular complexity index is 1670. The van der Waals surface area contributed by atoms with Crippen LogP contribution in [0.4, 0.5) is 26.3 Å². The first-order valence-electron chi connectivity index (χ1n) is 13.4. The molecule has 0 aliphatic rings. The normalized spacial score (nSPS) is 12.7. The molecule has 1 atom stereocenters. The Morgan fingerprint density at radius 3 is 2.33 bits per heavy atom. The molecule has 0 saturated carbocycles. The summed E-state index contributed by atoms with van der Waals surface area (Å²) >= 11 is 0.441. The van der Waals surface area contributed by atoms with Gasteiger partial charge in [0.2, 0.25) is 0 Å². The van der Waals surface area contributed by atoms with Crippen molar-refractivity contribution < 1.29 is 45.4 Å². The highest BCUT2D eigenvalue weighted by Gasteiger charge is 2.43. The topological polar surface area (TPSA) is 122 Å². The molecule has 0 radical (unpaired) electrons. The molecule has 2 aromatic carbocycles. The van der Waals surface area contributed by atoms with Crippen molar-refractivity contribution in [3.05, 3.63) is 92.8 Å². The number of rotatable bonds is 13. The van der Waals surface area contributed by atoms with Crippen molar-refractivity contribution in [3.63, 3.8) is 0 Å². The van der Waals surface area contributed by atoms with E-state index in [0.29, 0.717) is 24.3 Å². The first-order chi connectivity index (χ1) is 21.3. The molecule has 0 bridgehead atoms. The largest absolute Gasteiger partial charge is 0.491 e. The van der Waals surface area contributed by atoms with Gasteiger partial charge in [-0.15, -0.1) is 0 Å². The van der Waals surface area contributed by atoms with Crippen LogP contribution in [0.25, 0.3) is 10.2 Å². The number of hydrogen-bond acceptors (Lipinski definition) is 9. The Morgan fingerprint density at radius 1 is 0.889 bits per heavy atom. The van der Waals surface area contributed by atoms with E-state index in [4.69, 9.17) is 4.74 Å².